The van der Waals surface area contributed by atoms with Crippen LogP contribution in [0.5, 0.6) is 0 Å². The SMILES string of the molecule is CCCCCCC(=O)NCC1(CO)CC1. The number of nitrogens with one attached hydrogen (secondary N) is 1. The summed E-state index contributed by atoms with van der Waals surface area (Å²) in [5.74, 6) is 0.144. The van der Waals surface area contributed by atoms with Gasteiger partial charge in [-0.1, -0.05) is 26.2 Å². The molecular weight excluding hydrogens is 190 g/mol. The van der Waals surface area contributed by atoms with Crippen LogP contribution in [0.4, 0.5) is 0 Å². The van der Waals surface area contributed by atoms with Crippen molar-refractivity contribution in [3.8, 4) is 0 Å². The Kier molecular flexibility index (Phi) is 5.09. The molecule has 3 nitrogen and oxygen atoms in total. The lowest BCUT2D eigenvalue weighted by Crippen LogP contribution is -2.31. The van der Waals surface area contributed by atoms with Crippen molar-refractivity contribution in [2.75, 3.05) is 13.2 Å². The Morgan fingerprint density at radius 3 is 2.60 bits per heavy atom. The second-order valence-corrected chi connectivity index (χ2v) is 4.75. The number of carbonyl (C=O) groups is 1. The number of aliphatic hydroxyl groups excluding tert-OH is 1. The Balaban J connectivity index is 1.99. The van der Waals surface area contributed by atoms with Crippen molar-refractivity contribution in [2.45, 2.75) is 51.9 Å². The molecule has 0 atom stereocenters. The first-order valence-corrected chi connectivity index (χ1v) is 6.10. The third kappa shape index (κ3) is 4.65. The summed E-state index contributed by atoms with van der Waals surface area (Å²) in [4.78, 5) is 11.4. The van der Waals surface area contributed by atoms with E-state index in [2.05, 4.69) is 12.2 Å². The molecule has 0 unspecified atom stereocenters. The standard InChI is InChI=1S/C12H23NO2/c1-2-3-4-5-6-11(15)13-9-12(10-14)7-8-12/h14H,2-10H2,1H3,(H,13,15). The molecule has 0 heterocycles. The summed E-state index contributed by atoms with van der Waals surface area (Å²) in [6, 6.07) is 0. The Morgan fingerprint density at radius 1 is 1.33 bits per heavy atom. The van der Waals surface area contributed by atoms with E-state index in [9.17, 15) is 4.79 Å². The van der Waals surface area contributed by atoms with Gasteiger partial charge in [0.15, 0.2) is 0 Å². The van der Waals surface area contributed by atoms with Gasteiger partial charge in [0.05, 0.1) is 6.61 Å². The van der Waals surface area contributed by atoms with Crippen molar-refractivity contribution in [1.82, 2.24) is 5.32 Å². The largest absolute Gasteiger partial charge is 0.396 e. The van der Waals surface area contributed by atoms with Gasteiger partial charge in [0.2, 0.25) is 5.91 Å². The van der Waals surface area contributed by atoms with Crippen LogP contribution in [-0.4, -0.2) is 24.2 Å². The topological polar surface area (TPSA) is 49.3 Å². The molecule has 15 heavy (non-hydrogen) atoms. The Labute approximate surface area is 92.3 Å². The number of unbranched alkanes of at least 4 members (excludes halogenated alkanes) is 3. The predicted molar refractivity (Wildman–Crippen MR) is 60.5 cm³/mol. The number of hydrogen-bond donors (Lipinski definition) is 2. The molecule has 0 aliphatic heterocycles. The average molecular weight is 213 g/mol. The molecule has 1 rings (SSSR count). The number of carbonyl (C=O) groups excluding carboxylic acids is 1. The number of rotatable bonds is 8. The van der Waals surface area contributed by atoms with Crippen molar-refractivity contribution >= 4 is 5.91 Å². The van der Waals surface area contributed by atoms with Crippen LogP contribution < -0.4 is 5.32 Å². The van der Waals surface area contributed by atoms with Gasteiger partial charge in [-0.15, -0.1) is 0 Å². The van der Waals surface area contributed by atoms with Crippen molar-refractivity contribution in [3.63, 3.8) is 0 Å². The van der Waals surface area contributed by atoms with E-state index in [1.165, 1.54) is 12.8 Å². The van der Waals surface area contributed by atoms with Crippen LogP contribution in [0.25, 0.3) is 0 Å². The summed E-state index contributed by atoms with van der Waals surface area (Å²) in [6.07, 6.45) is 7.31. The van der Waals surface area contributed by atoms with Gasteiger partial charge in [-0.25, -0.2) is 0 Å². The van der Waals surface area contributed by atoms with Gasteiger partial charge in [0.1, 0.15) is 0 Å². The smallest absolute Gasteiger partial charge is 0.220 e. The first-order valence-electron chi connectivity index (χ1n) is 6.10. The van der Waals surface area contributed by atoms with E-state index in [1.807, 2.05) is 0 Å². The molecule has 0 bridgehead atoms. The van der Waals surface area contributed by atoms with E-state index in [0.717, 1.165) is 25.7 Å². The highest BCUT2D eigenvalue weighted by molar-refractivity contribution is 5.75. The lowest BCUT2D eigenvalue weighted by atomic mass is 10.1. The van der Waals surface area contributed by atoms with Crippen LogP contribution in [-0.2, 0) is 4.79 Å². The molecule has 3 heteroatoms. The van der Waals surface area contributed by atoms with Crippen LogP contribution in [0, 0.1) is 5.41 Å². The maximum atomic E-state index is 11.4. The Morgan fingerprint density at radius 2 is 2.07 bits per heavy atom. The van der Waals surface area contributed by atoms with E-state index in [1.54, 1.807) is 0 Å². The van der Waals surface area contributed by atoms with Crippen molar-refractivity contribution < 1.29 is 9.90 Å². The summed E-state index contributed by atoms with van der Waals surface area (Å²) >= 11 is 0. The van der Waals surface area contributed by atoms with Crippen molar-refractivity contribution in [2.24, 2.45) is 5.41 Å². The van der Waals surface area contributed by atoms with Crippen LogP contribution in [0.3, 0.4) is 0 Å². The zero-order chi connectivity index (χ0) is 11.1. The molecule has 1 saturated carbocycles. The van der Waals surface area contributed by atoms with Crippen LogP contribution >= 0.6 is 0 Å². The monoisotopic (exact) mass is 213 g/mol. The first kappa shape index (κ1) is 12.5. The van der Waals surface area contributed by atoms with E-state index < -0.39 is 0 Å². The van der Waals surface area contributed by atoms with Crippen LogP contribution in [0.2, 0.25) is 0 Å². The molecule has 0 aromatic rings. The van der Waals surface area contributed by atoms with Gasteiger partial charge in [0, 0.05) is 18.4 Å². The van der Waals surface area contributed by atoms with E-state index >= 15 is 0 Å². The molecule has 0 radical (unpaired) electrons. The lowest BCUT2D eigenvalue weighted by Gasteiger charge is -2.12. The summed E-state index contributed by atoms with van der Waals surface area (Å²) in [7, 11) is 0. The normalized spacial score (nSPS) is 17.5. The molecule has 0 spiro atoms. The Hall–Kier alpha value is -0.570. The molecule has 1 amide bonds. The van der Waals surface area contributed by atoms with Gasteiger partial charge in [0.25, 0.3) is 0 Å². The molecular formula is C12H23NO2. The molecule has 1 aliphatic carbocycles. The van der Waals surface area contributed by atoms with Crippen LogP contribution in [0.15, 0.2) is 0 Å². The summed E-state index contributed by atoms with van der Waals surface area (Å²) in [6.45, 7) is 3.04. The summed E-state index contributed by atoms with van der Waals surface area (Å²) in [5.41, 5.74) is 0.0408. The van der Waals surface area contributed by atoms with Gasteiger partial charge >= 0.3 is 0 Å². The second kappa shape index (κ2) is 6.11. The summed E-state index contributed by atoms with van der Waals surface area (Å²) < 4.78 is 0. The number of hydrogen-bond acceptors (Lipinski definition) is 2. The van der Waals surface area contributed by atoms with Crippen molar-refractivity contribution in [3.05, 3.63) is 0 Å². The minimum absolute atomic E-state index is 0.0408. The lowest BCUT2D eigenvalue weighted by molar-refractivity contribution is -0.121. The zero-order valence-corrected chi connectivity index (χ0v) is 9.72. The number of amides is 1. The molecule has 2 N–H and O–H groups in total. The predicted octanol–water partition coefficient (Wildman–Crippen LogP) is 1.85. The van der Waals surface area contributed by atoms with E-state index in [0.29, 0.717) is 13.0 Å². The van der Waals surface area contributed by atoms with E-state index in [4.69, 9.17) is 5.11 Å². The number of aliphatic hydroxyl groups is 1. The molecule has 1 aliphatic rings. The van der Waals surface area contributed by atoms with Gasteiger partial charge in [-0.2, -0.15) is 0 Å². The maximum Gasteiger partial charge on any atom is 0.220 e. The van der Waals surface area contributed by atoms with Crippen molar-refractivity contribution in [1.29, 1.82) is 0 Å². The fourth-order valence-electron chi connectivity index (χ4n) is 1.65. The average Bonchev–Trinajstić information content (AvgIpc) is 3.02. The quantitative estimate of drug-likeness (QED) is 0.604. The third-order valence-electron chi connectivity index (χ3n) is 3.21. The fraction of sp³-hybridized carbons (Fsp3) is 0.917. The van der Waals surface area contributed by atoms with Crippen LogP contribution in [0.1, 0.15) is 51.9 Å². The molecule has 1 fully saturated rings. The second-order valence-electron chi connectivity index (χ2n) is 4.75. The van der Waals surface area contributed by atoms with E-state index in [-0.39, 0.29) is 17.9 Å². The minimum atomic E-state index is 0.0408. The molecule has 0 aromatic heterocycles. The van der Waals surface area contributed by atoms with Gasteiger partial charge in [-0.3, -0.25) is 4.79 Å². The molecule has 0 saturated heterocycles. The minimum Gasteiger partial charge on any atom is -0.396 e. The molecule has 0 aromatic carbocycles. The zero-order valence-electron chi connectivity index (χ0n) is 9.72. The maximum absolute atomic E-state index is 11.4. The highest BCUT2D eigenvalue weighted by atomic mass is 16.3. The highest BCUT2D eigenvalue weighted by Gasteiger charge is 2.41. The third-order valence-corrected chi connectivity index (χ3v) is 3.21. The van der Waals surface area contributed by atoms with Gasteiger partial charge < -0.3 is 10.4 Å². The first-order chi connectivity index (χ1) is 7.22. The fourth-order valence-corrected chi connectivity index (χ4v) is 1.65. The molecule has 88 valence electrons. The Bertz CT molecular complexity index is 200. The van der Waals surface area contributed by atoms with Gasteiger partial charge in [-0.05, 0) is 19.3 Å². The highest BCUT2D eigenvalue weighted by Crippen LogP contribution is 2.44. The summed E-state index contributed by atoms with van der Waals surface area (Å²) in [5, 5.41) is 12.0.